The van der Waals surface area contributed by atoms with Gasteiger partial charge < -0.3 is 10.1 Å². The molecule has 0 radical (unpaired) electrons. The zero-order valence-electron chi connectivity index (χ0n) is 11.1. The molecule has 1 heterocycles. The zero-order valence-corrected chi connectivity index (χ0v) is 11.1. The van der Waals surface area contributed by atoms with Crippen LogP contribution in [-0.4, -0.2) is 16.4 Å². The molecule has 0 aliphatic carbocycles. The zero-order chi connectivity index (χ0) is 13.0. The maximum atomic E-state index is 5.47. The number of hydrogen-bond donors (Lipinski definition) is 1. The van der Waals surface area contributed by atoms with Crippen molar-refractivity contribution in [2.45, 2.75) is 20.4 Å². The summed E-state index contributed by atoms with van der Waals surface area (Å²) in [6, 6.07) is 8.00. The highest BCUT2D eigenvalue weighted by Crippen LogP contribution is 2.18. The molecule has 2 rings (SSSR count). The van der Waals surface area contributed by atoms with Crippen LogP contribution in [0.1, 0.15) is 18.2 Å². The van der Waals surface area contributed by atoms with E-state index in [1.807, 2.05) is 49.1 Å². The fourth-order valence-corrected chi connectivity index (χ4v) is 1.78. The molecule has 0 amide bonds. The molecule has 96 valence electrons. The minimum atomic E-state index is 0.686. The van der Waals surface area contributed by atoms with Crippen LogP contribution >= 0.6 is 0 Å². The van der Waals surface area contributed by atoms with Crippen LogP contribution < -0.4 is 10.1 Å². The summed E-state index contributed by atoms with van der Waals surface area (Å²) >= 11 is 0. The van der Waals surface area contributed by atoms with Crippen LogP contribution in [0.3, 0.4) is 0 Å². The molecule has 18 heavy (non-hydrogen) atoms. The van der Waals surface area contributed by atoms with E-state index in [4.69, 9.17) is 4.74 Å². The molecule has 2 aromatic rings. The van der Waals surface area contributed by atoms with Crippen LogP contribution in [0.4, 0.5) is 5.69 Å². The van der Waals surface area contributed by atoms with E-state index in [9.17, 15) is 0 Å². The summed E-state index contributed by atoms with van der Waals surface area (Å²) < 4.78 is 7.35. The lowest BCUT2D eigenvalue weighted by molar-refractivity contribution is 0.340. The van der Waals surface area contributed by atoms with Gasteiger partial charge in [-0.15, -0.1) is 0 Å². The summed E-state index contributed by atoms with van der Waals surface area (Å²) in [5.41, 5.74) is 3.45. The molecule has 0 aliphatic rings. The third kappa shape index (κ3) is 2.83. The van der Waals surface area contributed by atoms with Gasteiger partial charge in [-0.1, -0.05) is 6.07 Å². The molecule has 0 aliphatic heterocycles. The summed E-state index contributed by atoms with van der Waals surface area (Å²) in [6.45, 7) is 5.51. The SMILES string of the molecule is CCOc1cccc(NCc2cnn(C)c2C)c1. The summed E-state index contributed by atoms with van der Waals surface area (Å²) in [6.07, 6.45) is 1.90. The minimum Gasteiger partial charge on any atom is -0.494 e. The number of nitrogens with zero attached hydrogens (tertiary/aromatic N) is 2. The molecule has 0 saturated carbocycles. The van der Waals surface area contributed by atoms with E-state index in [1.165, 1.54) is 11.3 Å². The largest absolute Gasteiger partial charge is 0.494 e. The number of nitrogens with one attached hydrogen (secondary N) is 1. The van der Waals surface area contributed by atoms with E-state index in [0.29, 0.717) is 6.61 Å². The summed E-state index contributed by atoms with van der Waals surface area (Å²) in [4.78, 5) is 0. The van der Waals surface area contributed by atoms with Gasteiger partial charge in [-0.2, -0.15) is 5.10 Å². The first-order chi connectivity index (χ1) is 8.70. The lowest BCUT2D eigenvalue weighted by Crippen LogP contribution is -2.01. The van der Waals surface area contributed by atoms with Crippen LogP contribution in [0.5, 0.6) is 5.75 Å². The predicted molar refractivity (Wildman–Crippen MR) is 72.9 cm³/mol. The van der Waals surface area contributed by atoms with Crippen molar-refractivity contribution in [3.8, 4) is 5.75 Å². The van der Waals surface area contributed by atoms with Gasteiger partial charge in [0.1, 0.15) is 5.75 Å². The third-order valence-electron chi connectivity index (χ3n) is 2.96. The Balaban J connectivity index is 2.01. The molecular formula is C14H19N3O. The van der Waals surface area contributed by atoms with Gasteiger partial charge in [0.25, 0.3) is 0 Å². The maximum absolute atomic E-state index is 5.47. The van der Waals surface area contributed by atoms with Crippen molar-refractivity contribution in [3.63, 3.8) is 0 Å². The fourth-order valence-electron chi connectivity index (χ4n) is 1.78. The van der Waals surface area contributed by atoms with E-state index < -0.39 is 0 Å². The number of ether oxygens (including phenoxy) is 1. The Bertz CT molecular complexity index is 520. The molecular weight excluding hydrogens is 226 g/mol. The van der Waals surface area contributed by atoms with E-state index >= 15 is 0 Å². The Morgan fingerprint density at radius 1 is 1.39 bits per heavy atom. The first-order valence-corrected chi connectivity index (χ1v) is 6.15. The summed E-state index contributed by atoms with van der Waals surface area (Å²) in [5.74, 6) is 0.894. The maximum Gasteiger partial charge on any atom is 0.121 e. The average Bonchev–Trinajstić information content (AvgIpc) is 2.69. The molecule has 4 nitrogen and oxygen atoms in total. The van der Waals surface area contributed by atoms with Crippen molar-refractivity contribution >= 4 is 5.69 Å². The molecule has 0 bridgehead atoms. The van der Waals surface area contributed by atoms with Gasteiger partial charge in [0.05, 0.1) is 12.8 Å². The first kappa shape index (κ1) is 12.5. The van der Waals surface area contributed by atoms with Crippen LogP contribution in [0.15, 0.2) is 30.5 Å². The Hall–Kier alpha value is -1.97. The molecule has 0 atom stereocenters. The third-order valence-corrected chi connectivity index (χ3v) is 2.96. The highest BCUT2D eigenvalue weighted by atomic mass is 16.5. The minimum absolute atomic E-state index is 0.686. The van der Waals surface area contributed by atoms with Gasteiger partial charge in [0.15, 0.2) is 0 Å². The van der Waals surface area contributed by atoms with Gasteiger partial charge in [-0.3, -0.25) is 4.68 Å². The van der Waals surface area contributed by atoms with Gasteiger partial charge in [-0.25, -0.2) is 0 Å². The summed E-state index contributed by atoms with van der Waals surface area (Å²) in [7, 11) is 1.95. The Kier molecular flexibility index (Phi) is 3.87. The highest BCUT2D eigenvalue weighted by Gasteiger charge is 2.03. The number of benzene rings is 1. The Morgan fingerprint density at radius 2 is 2.22 bits per heavy atom. The quantitative estimate of drug-likeness (QED) is 0.880. The van der Waals surface area contributed by atoms with E-state index in [2.05, 4.69) is 17.3 Å². The number of aryl methyl sites for hydroxylation is 1. The van der Waals surface area contributed by atoms with Crippen molar-refractivity contribution in [2.75, 3.05) is 11.9 Å². The molecule has 0 spiro atoms. The lowest BCUT2D eigenvalue weighted by Gasteiger charge is -2.08. The molecule has 4 heteroatoms. The predicted octanol–water partition coefficient (Wildman–Crippen LogP) is 2.74. The van der Waals surface area contributed by atoms with Gasteiger partial charge in [-0.05, 0) is 26.0 Å². The van der Waals surface area contributed by atoms with Crippen LogP contribution in [0, 0.1) is 6.92 Å². The monoisotopic (exact) mass is 245 g/mol. The fraction of sp³-hybridized carbons (Fsp3) is 0.357. The number of anilines is 1. The molecule has 0 unspecified atom stereocenters. The average molecular weight is 245 g/mol. The second-order valence-electron chi connectivity index (χ2n) is 4.19. The molecule has 1 aromatic carbocycles. The topological polar surface area (TPSA) is 39.1 Å². The van der Waals surface area contributed by atoms with Crippen molar-refractivity contribution in [2.24, 2.45) is 7.05 Å². The van der Waals surface area contributed by atoms with Crippen LogP contribution in [-0.2, 0) is 13.6 Å². The van der Waals surface area contributed by atoms with Gasteiger partial charge in [0.2, 0.25) is 0 Å². The second-order valence-corrected chi connectivity index (χ2v) is 4.19. The van der Waals surface area contributed by atoms with Crippen molar-refractivity contribution in [3.05, 3.63) is 41.7 Å². The summed E-state index contributed by atoms with van der Waals surface area (Å²) in [5, 5.41) is 7.61. The smallest absolute Gasteiger partial charge is 0.121 e. The normalized spacial score (nSPS) is 10.4. The van der Waals surface area contributed by atoms with E-state index in [1.54, 1.807) is 0 Å². The van der Waals surface area contributed by atoms with Crippen LogP contribution in [0.2, 0.25) is 0 Å². The van der Waals surface area contributed by atoms with Gasteiger partial charge in [0, 0.05) is 36.6 Å². The van der Waals surface area contributed by atoms with Crippen molar-refractivity contribution < 1.29 is 4.74 Å². The Labute approximate surface area is 108 Å². The highest BCUT2D eigenvalue weighted by molar-refractivity contribution is 5.48. The number of aromatic nitrogens is 2. The second kappa shape index (κ2) is 5.58. The van der Waals surface area contributed by atoms with Crippen LogP contribution in [0.25, 0.3) is 0 Å². The van der Waals surface area contributed by atoms with E-state index in [-0.39, 0.29) is 0 Å². The lowest BCUT2D eigenvalue weighted by atomic mass is 10.2. The number of rotatable bonds is 5. The standard InChI is InChI=1S/C14H19N3O/c1-4-18-14-7-5-6-13(8-14)15-9-12-10-16-17(3)11(12)2/h5-8,10,15H,4,9H2,1-3H3. The molecule has 1 aromatic heterocycles. The molecule has 0 fully saturated rings. The number of hydrogen-bond acceptors (Lipinski definition) is 3. The van der Waals surface area contributed by atoms with E-state index in [0.717, 1.165) is 18.0 Å². The molecule has 0 saturated heterocycles. The van der Waals surface area contributed by atoms with Gasteiger partial charge >= 0.3 is 0 Å². The molecule has 1 N–H and O–H groups in total. The first-order valence-electron chi connectivity index (χ1n) is 6.15. The van der Waals surface area contributed by atoms with Crippen molar-refractivity contribution in [1.29, 1.82) is 0 Å². The Morgan fingerprint density at radius 3 is 2.89 bits per heavy atom. The van der Waals surface area contributed by atoms with Crippen molar-refractivity contribution in [1.82, 2.24) is 9.78 Å².